The summed E-state index contributed by atoms with van der Waals surface area (Å²) in [7, 11) is 1.61. The van der Waals surface area contributed by atoms with Crippen LogP contribution >= 0.6 is 0 Å². The van der Waals surface area contributed by atoms with E-state index in [0.717, 1.165) is 49.6 Å². The first kappa shape index (κ1) is 18.3. The van der Waals surface area contributed by atoms with E-state index in [1.165, 1.54) is 17.4 Å². The molecule has 0 saturated heterocycles. The zero-order valence-electron chi connectivity index (χ0n) is 14.8. The van der Waals surface area contributed by atoms with Crippen molar-refractivity contribution >= 4 is 6.03 Å². The van der Waals surface area contributed by atoms with Gasteiger partial charge in [0.2, 0.25) is 0 Å². The molecule has 2 amide bonds. The number of carbonyl (C=O) groups is 1. The second kappa shape index (κ2) is 8.25. The van der Waals surface area contributed by atoms with Gasteiger partial charge in [-0.3, -0.25) is 0 Å². The fourth-order valence-electron chi connectivity index (χ4n) is 3.13. The molecule has 2 aromatic rings. The summed E-state index contributed by atoms with van der Waals surface area (Å²) in [5.74, 6) is 0.113. The number of nitrogens with zero attached hydrogens (tertiary/aromatic N) is 4. The molecule has 3 rings (SSSR count). The Bertz CT molecular complexity index is 777. The number of nitrogens with one attached hydrogen (secondary N) is 1. The molecule has 2 heterocycles. The maximum absolute atomic E-state index is 13.2. The first-order valence-corrected chi connectivity index (χ1v) is 8.88. The van der Waals surface area contributed by atoms with Crippen LogP contribution < -0.4 is 5.32 Å². The number of urea groups is 1. The van der Waals surface area contributed by atoms with Crippen LogP contribution in [0.1, 0.15) is 36.5 Å². The Morgan fingerprint density at radius 3 is 2.88 bits per heavy atom. The Morgan fingerprint density at radius 1 is 1.23 bits per heavy atom. The third kappa shape index (κ3) is 4.36. The number of aromatic nitrogens is 3. The van der Waals surface area contributed by atoms with Gasteiger partial charge in [-0.25, -0.2) is 13.6 Å². The maximum atomic E-state index is 13.2. The zero-order valence-corrected chi connectivity index (χ0v) is 14.8. The van der Waals surface area contributed by atoms with Crippen molar-refractivity contribution in [3.63, 3.8) is 0 Å². The highest BCUT2D eigenvalue weighted by Gasteiger charge is 2.15. The number of halogens is 2. The average molecular weight is 363 g/mol. The predicted molar refractivity (Wildman–Crippen MR) is 92.5 cm³/mol. The van der Waals surface area contributed by atoms with E-state index in [1.54, 1.807) is 7.05 Å². The number of benzene rings is 1. The molecule has 1 N–H and O–H groups in total. The normalized spacial score (nSPS) is 13.8. The van der Waals surface area contributed by atoms with E-state index < -0.39 is 11.6 Å². The summed E-state index contributed by atoms with van der Waals surface area (Å²) >= 11 is 0. The van der Waals surface area contributed by atoms with Crippen molar-refractivity contribution in [1.82, 2.24) is 25.0 Å². The molecule has 0 spiro atoms. The van der Waals surface area contributed by atoms with Crippen LogP contribution in [0.3, 0.4) is 0 Å². The molecule has 6 nitrogen and oxygen atoms in total. The largest absolute Gasteiger partial charge is 0.338 e. The number of carbonyl (C=O) groups excluding carboxylic acids is 1. The Labute approximate surface area is 151 Å². The highest BCUT2D eigenvalue weighted by molar-refractivity contribution is 5.73. The van der Waals surface area contributed by atoms with Crippen molar-refractivity contribution < 1.29 is 13.6 Å². The lowest BCUT2D eigenvalue weighted by Gasteiger charge is -2.18. The lowest BCUT2D eigenvalue weighted by Crippen LogP contribution is -2.38. The van der Waals surface area contributed by atoms with Gasteiger partial charge in [0.1, 0.15) is 11.6 Å². The summed E-state index contributed by atoms with van der Waals surface area (Å²) in [5, 5.41) is 11.3. The van der Waals surface area contributed by atoms with E-state index >= 15 is 0 Å². The Balaban J connectivity index is 1.49. The smallest absolute Gasteiger partial charge is 0.317 e. The van der Waals surface area contributed by atoms with Crippen LogP contribution in [0.15, 0.2) is 18.2 Å². The molecular weight excluding hydrogens is 340 g/mol. The molecule has 1 aromatic carbocycles. The van der Waals surface area contributed by atoms with Gasteiger partial charge in [-0.1, -0.05) is 12.5 Å². The highest BCUT2D eigenvalue weighted by Crippen LogP contribution is 2.14. The molecule has 0 bridgehead atoms. The van der Waals surface area contributed by atoms with Crippen LogP contribution in [0, 0.1) is 11.6 Å². The van der Waals surface area contributed by atoms with Gasteiger partial charge in [-0.15, -0.1) is 10.2 Å². The lowest BCUT2D eigenvalue weighted by molar-refractivity contribution is 0.207. The lowest BCUT2D eigenvalue weighted by atomic mass is 10.2. The van der Waals surface area contributed by atoms with Crippen molar-refractivity contribution in [2.75, 3.05) is 13.6 Å². The van der Waals surface area contributed by atoms with Crippen LogP contribution in [0.25, 0.3) is 0 Å². The third-order valence-electron chi connectivity index (χ3n) is 4.56. The summed E-state index contributed by atoms with van der Waals surface area (Å²) in [5.41, 5.74) is 0.532. The maximum Gasteiger partial charge on any atom is 0.317 e. The van der Waals surface area contributed by atoms with Gasteiger partial charge in [0.25, 0.3) is 0 Å². The predicted octanol–water partition coefficient (Wildman–Crippen LogP) is 2.67. The summed E-state index contributed by atoms with van der Waals surface area (Å²) < 4.78 is 28.4. The minimum absolute atomic E-state index is 0.198. The number of fused-ring (bicyclic) bond motifs is 1. The topological polar surface area (TPSA) is 63.1 Å². The number of aryl methyl sites for hydroxylation is 1. The molecule has 0 radical (unpaired) electrons. The van der Waals surface area contributed by atoms with Crippen LogP contribution in [0.2, 0.25) is 0 Å². The van der Waals surface area contributed by atoms with E-state index in [1.807, 2.05) is 0 Å². The van der Waals surface area contributed by atoms with Gasteiger partial charge in [0.15, 0.2) is 11.6 Å². The quantitative estimate of drug-likeness (QED) is 0.888. The number of rotatable bonds is 5. The zero-order chi connectivity index (χ0) is 18.5. The third-order valence-corrected chi connectivity index (χ3v) is 4.56. The van der Waals surface area contributed by atoms with Crippen LogP contribution in [-0.2, 0) is 25.9 Å². The van der Waals surface area contributed by atoms with E-state index in [0.29, 0.717) is 18.5 Å². The van der Waals surface area contributed by atoms with Crippen molar-refractivity contribution in [2.45, 2.75) is 45.2 Å². The molecule has 1 aromatic heterocycles. The SMILES string of the molecule is CN(Cc1ccc(F)c(F)c1)C(=O)NCCc1nnc2n1CCCCC2. The van der Waals surface area contributed by atoms with Gasteiger partial charge >= 0.3 is 6.03 Å². The Hall–Kier alpha value is -2.51. The molecule has 0 fully saturated rings. The minimum Gasteiger partial charge on any atom is -0.338 e. The number of hydrogen-bond donors (Lipinski definition) is 1. The van der Waals surface area contributed by atoms with E-state index in [2.05, 4.69) is 20.1 Å². The Kier molecular flexibility index (Phi) is 5.80. The number of amides is 2. The molecule has 26 heavy (non-hydrogen) atoms. The van der Waals surface area contributed by atoms with E-state index in [-0.39, 0.29) is 12.6 Å². The van der Waals surface area contributed by atoms with Crippen molar-refractivity contribution in [1.29, 1.82) is 0 Å². The van der Waals surface area contributed by atoms with Crippen molar-refractivity contribution in [3.8, 4) is 0 Å². The second-order valence-electron chi connectivity index (χ2n) is 6.58. The summed E-state index contributed by atoms with van der Waals surface area (Å²) in [6.45, 7) is 1.57. The number of hydrogen-bond acceptors (Lipinski definition) is 3. The highest BCUT2D eigenvalue weighted by atomic mass is 19.2. The molecule has 0 unspecified atom stereocenters. The van der Waals surface area contributed by atoms with Crippen LogP contribution in [0.4, 0.5) is 13.6 Å². The van der Waals surface area contributed by atoms with Gasteiger partial charge in [-0.05, 0) is 30.5 Å². The molecule has 1 aliphatic rings. The molecule has 0 atom stereocenters. The molecular formula is C18H23F2N5O. The average Bonchev–Trinajstić information content (AvgIpc) is 2.85. The van der Waals surface area contributed by atoms with Gasteiger partial charge in [0.05, 0.1) is 0 Å². The summed E-state index contributed by atoms with van der Waals surface area (Å²) in [4.78, 5) is 13.6. The fourth-order valence-corrected chi connectivity index (χ4v) is 3.13. The fraction of sp³-hybridized carbons (Fsp3) is 0.500. The van der Waals surface area contributed by atoms with Crippen molar-refractivity contribution in [3.05, 3.63) is 47.0 Å². The summed E-state index contributed by atoms with van der Waals surface area (Å²) in [6.07, 6.45) is 5.04. The molecule has 0 saturated carbocycles. The standard InChI is InChI=1S/C18H23F2N5O/c1-24(12-13-6-7-14(19)15(20)11-13)18(26)21-9-8-17-23-22-16-5-3-2-4-10-25(16)17/h6-7,11H,2-5,8-10,12H2,1H3,(H,21,26). The minimum atomic E-state index is -0.913. The van der Waals surface area contributed by atoms with Crippen LogP contribution in [-0.4, -0.2) is 39.3 Å². The van der Waals surface area contributed by atoms with Gasteiger partial charge in [-0.2, -0.15) is 0 Å². The van der Waals surface area contributed by atoms with E-state index in [9.17, 15) is 13.6 Å². The Morgan fingerprint density at radius 2 is 2.08 bits per heavy atom. The molecule has 1 aliphatic heterocycles. The second-order valence-corrected chi connectivity index (χ2v) is 6.58. The van der Waals surface area contributed by atoms with Crippen molar-refractivity contribution in [2.24, 2.45) is 0 Å². The van der Waals surface area contributed by atoms with Gasteiger partial charge in [0, 0.05) is 39.5 Å². The van der Waals surface area contributed by atoms with Crippen LogP contribution in [0.5, 0.6) is 0 Å². The van der Waals surface area contributed by atoms with E-state index in [4.69, 9.17) is 0 Å². The monoisotopic (exact) mass is 363 g/mol. The first-order valence-electron chi connectivity index (χ1n) is 8.88. The first-order chi connectivity index (χ1) is 12.5. The van der Waals surface area contributed by atoms with Gasteiger partial charge < -0.3 is 14.8 Å². The molecule has 140 valence electrons. The summed E-state index contributed by atoms with van der Waals surface area (Å²) in [6, 6.07) is 3.36. The molecule has 0 aliphatic carbocycles. The molecule has 8 heteroatoms.